The Labute approximate surface area is 298 Å². The van der Waals surface area contributed by atoms with Gasteiger partial charge >= 0.3 is 12.1 Å². The molecule has 5 atom stereocenters. The number of likely N-dealkylation sites (N-methyl/N-ethyl adjacent to an activating group) is 1. The van der Waals surface area contributed by atoms with Crippen LogP contribution in [0.2, 0.25) is 0 Å². The van der Waals surface area contributed by atoms with Crippen molar-refractivity contribution < 1.29 is 37.0 Å². The number of hydrogen-bond donors (Lipinski definition) is 1. The highest BCUT2D eigenvalue weighted by Gasteiger charge is 2.32. The van der Waals surface area contributed by atoms with Crippen LogP contribution in [0.4, 0.5) is 14.9 Å². The molecule has 0 aromatic heterocycles. The van der Waals surface area contributed by atoms with Gasteiger partial charge in [-0.05, 0) is 94.8 Å². The van der Waals surface area contributed by atoms with Gasteiger partial charge in [0.1, 0.15) is 18.0 Å². The molecule has 0 bridgehead atoms. The SMILES string of the molecule is C/C(=C\c1cc(F)cc(N(C(C)C)C2CCN(S(C)(=O)=O)CC2)c1)[C@H]1OC(=O)C[C@H](O)CC[C@H](C)[C@@H](OC(=O)N2CCN(C)CC2)/C=C/[C@@H]1C. The minimum Gasteiger partial charge on any atom is -0.457 e. The van der Waals surface area contributed by atoms with Crippen LogP contribution in [0.3, 0.4) is 0 Å². The van der Waals surface area contributed by atoms with Crippen LogP contribution >= 0.6 is 0 Å². The van der Waals surface area contributed by atoms with Crippen molar-refractivity contribution in [3.63, 3.8) is 0 Å². The molecule has 1 aromatic rings. The van der Waals surface area contributed by atoms with Gasteiger partial charge in [-0.1, -0.05) is 26.0 Å². The number of carbonyl (C=O) groups is 2. The fourth-order valence-corrected chi connectivity index (χ4v) is 8.06. The summed E-state index contributed by atoms with van der Waals surface area (Å²) in [6.07, 6.45) is 6.30. The second-order valence-corrected chi connectivity index (χ2v) is 16.7. The zero-order valence-electron chi connectivity index (χ0n) is 30.8. The van der Waals surface area contributed by atoms with Gasteiger partial charge in [-0.2, -0.15) is 0 Å². The first-order chi connectivity index (χ1) is 23.5. The van der Waals surface area contributed by atoms with E-state index in [-0.39, 0.29) is 36.4 Å². The van der Waals surface area contributed by atoms with Gasteiger partial charge in [0, 0.05) is 63.0 Å². The van der Waals surface area contributed by atoms with Gasteiger partial charge in [0.15, 0.2) is 0 Å². The average Bonchev–Trinajstić information content (AvgIpc) is 3.03. The van der Waals surface area contributed by atoms with Crippen molar-refractivity contribution in [3.05, 3.63) is 47.3 Å². The summed E-state index contributed by atoms with van der Waals surface area (Å²) in [5.41, 5.74) is 1.99. The van der Waals surface area contributed by atoms with Crippen LogP contribution < -0.4 is 4.90 Å². The molecule has 0 unspecified atom stereocenters. The summed E-state index contributed by atoms with van der Waals surface area (Å²) in [4.78, 5) is 32.2. The van der Waals surface area contributed by atoms with E-state index in [4.69, 9.17) is 9.47 Å². The van der Waals surface area contributed by atoms with Gasteiger partial charge < -0.3 is 29.3 Å². The smallest absolute Gasteiger partial charge is 0.410 e. The molecule has 1 amide bonds. The van der Waals surface area contributed by atoms with Gasteiger partial charge in [0.25, 0.3) is 0 Å². The second kappa shape index (κ2) is 17.5. The van der Waals surface area contributed by atoms with Crippen LogP contribution in [-0.2, 0) is 24.3 Å². The monoisotopic (exact) mass is 720 g/mol. The van der Waals surface area contributed by atoms with Crippen molar-refractivity contribution in [2.24, 2.45) is 11.8 Å². The molecule has 0 spiro atoms. The topological polar surface area (TPSA) is 120 Å². The lowest BCUT2D eigenvalue weighted by atomic mass is 9.91. The first-order valence-corrected chi connectivity index (χ1v) is 19.8. The number of cyclic esters (lactones) is 1. The van der Waals surface area contributed by atoms with E-state index >= 15 is 4.39 Å². The number of rotatable bonds is 7. The van der Waals surface area contributed by atoms with E-state index in [1.54, 1.807) is 4.90 Å². The molecule has 0 saturated carbocycles. The van der Waals surface area contributed by atoms with E-state index in [0.717, 1.165) is 13.1 Å². The summed E-state index contributed by atoms with van der Waals surface area (Å²) in [6, 6.07) is 4.93. The summed E-state index contributed by atoms with van der Waals surface area (Å²) in [6.45, 7) is 13.4. The molecule has 0 aliphatic carbocycles. The summed E-state index contributed by atoms with van der Waals surface area (Å²) in [7, 11) is -1.25. The first-order valence-electron chi connectivity index (χ1n) is 17.9. The van der Waals surface area contributed by atoms with Crippen LogP contribution in [0.5, 0.6) is 0 Å². The number of nitrogens with zero attached hydrogens (tertiary/aromatic N) is 4. The molecule has 11 nitrogen and oxygen atoms in total. The largest absolute Gasteiger partial charge is 0.457 e. The number of ether oxygens (including phenoxy) is 2. The van der Waals surface area contributed by atoms with Gasteiger partial charge in [-0.3, -0.25) is 4.79 Å². The minimum atomic E-state index is -3.27. The number of halogens is 1. The van der Waals surface area contributed by atoms with E-state index in [1.807, 2.05) is 66.0 Å². The molecule has 2 saturated heterocycles. The number of sulfonamides is 1. The summed E-state index contributed by atoms with van der Waals surface area (Å²) >= 11 is 0. The Kier molecular flexibility index (Phi) is 13.9. The predicted molar refractivity (Wildman–Crippen MR) is 194 cm³/mol. The Morgan fingerprint density at radius 2 is 1.70 bits per heavy atom. The molecule has 50 heavy (non-hydrogen) atoms. The summed E-state index contributed by atoms with van der Waals surface area (Å²) in [5, 5.41) is 10.7. The van der Waals surface area contributed by atoms with Crippen LogP contribution in [0.1, 0.15) is 72.3 Å². The molecule has 3 aliphatic rings. The van der Waals surface area contributed by atoms with Crippen LogP contribution in [0.25, 0.3) is 6.08 Å². The lowest BCUT2D eigenvalue weighted by Crippen LogP contribution is -2.49. The molecule has 1 aromatic carbocycles. The van der Waals surface area contributed by atoms with Gasteiger partial charge in [-0.25, -0.2) is 21.9 Å². The maximum Gasteiger partial charge on any atom is 0.410 e. The number of carbonyl (C=O) groups excluding carboxylic acids is 2. The molecule has 4 rings (SSSR count). The number of benzene rings is 1. The molecule has 1 N–H and O–H groups in total. The zero-order valence-corrected chi connectivity index (χ0v) is 31.6. The highest BCUT2D eigenvalue weighted by molar-refractivity contribution is 7.88. The lowest BCUT2D eigenvalue weighted by molar-refractivity contribution is -0.151. The van der Waals surface area contributed by atoms with E-state index in [1.165, 1.54) is 22.7 Å². The molecule has 3 heterocycles. The molecule has 0 radical (unpaired) electrons. The second-order valence-electron chi connectivity index (χ2n) is 14.7. The normalized spacial score (nSPS) is 28.0. The quantitative estimate of drug-likeness (QED) is 0.310. The molecule has 280 valence electrons. The third-order valence-corrected chi connectivity index (χ3v) is 11.4. The number of aliphatic hydroxyl groups excluding tert-OH is 1. The van der Waals surface area contributed by atoms with Crippen LogP contribution in [0.15, 0.2) is 35.9 Å². The van der Waals surface area contributed by atoms with Crippen molar-refractivity contribution >= 4 is 33.8 Å². The lowest BCUT2D eigenvalue weighted by Gasteiger charge is -2.41. The third kappa shape index (κ3) is 11.0. The molecule has 3 aliphatic heterocycles. The van der Waals surface area contributed by atoms with Crippen molar-refractivity contribution in [2.45, 2.75) is 97.1 Å². The molecule has 2 fully saturated rings. The number of piperazine rings is 1. The molecule has 13 heteroatoms. The van der Waals surface area contributed by atoms with Crippen molar-refractivity contribution in [1.82, 2.24) is 14.1 Å². The maximum absolute atomic E-state index is 15.2. The van der Waals surface area contributed by atoms with Crippen molar-refractivity contribution in [3.8, 4) is 0 Å². The van der Waals surface area contributed by atoms with Crippen LogP contribution in [0, 0.1) is 17.7 Å². The standard InChI is InChI=1S/C37H57FN4O7S/c1-25(2)42(31-12-14-41(15-13-31)50(7,46)47)32-22-29(21-30(38)23-32)20-28(5)36-27(4)9-11-34(26(3)8-10-33(43)24-35(44)49-36)48-37(45)40-18-16-39(6)17-19-40/h9,11,20-23,25-27,31,33-34,36,43H,8,10,12-19,24H2,1-7H3/b11-9+,28-20+/t26-,27-,33+,34-,36-/m0/s1. The van der Waals surface area contributed by atoms with Crippen molar-refractivity contribution in [1.29, 1.82) is 0 Å². The Hall–Kier alpha value is -3.00. The van der Waals surface area contributed by atoms with E-state index in [0.29, 0.717) is 68.7 Å². The highest BCUT2D eigenvalue weighted by Crippen LogP contribution is 2.31. The maximum atomic E-state index is 15.2. The minimum absolute atomic E-state index is 0.0362. The first kappa shape index (κ1) is 39.8. The van der Waals surface area contributed by atoms with E-state index in [9.17, 15) is 23.1 Å². The Morgan fingerprint density at radius 1 is 1.04 bits per heavy atom. The highest BCUT2D eigenvalue weighted by atomic mass is 32.2. The Morgan fingerprint density at radius 3 is 2.32 bits per heavy atom. The van der Waals surface area contributed by atoms with E-state index in [2.05, 4.69) is 9.80 Å². The number of hydrogen-bond acceptors (Lipinski definition) is 9. The number of amides is 1. The number of piperidine rings is 1. The third-order valence-electron chi connectivity index (χ3n) is 10.1. The molecular weight excluding hydrogens is 663 g/mol. The Balaban J connectivity index is 1.58. The predicted octanol–water partition coefficient (Wildman–Crippen LogP) is 4.91. The molecular formula is C37H57FN4O7S. The summed E-state index contributed by atoms with van der Waals surface area (Å²) in [5.74, 6) is -1.35. The fourth-order valence-electron chi connectivity index (χ4n) is 7.19. The van der Waals surface area contributed by atoms with Gasteiger partial charge in [-0.15, -0.1) is 0 Å². The number of anilines is 1. The average molecular weight is 721 g/mol. The van der Waals surface area contributed by atoms with Gasteiger partial charge in [0.05, 0.1) is 18.8 Å². The fraction of sp³-hybridized carbons (Fsp3) is 0.676. The van der Waals surface area contributed by atoms with Gasteiger partial charge in [0.2, 0.25) is 10.0 Å². The number of esters is 1. The zero-order chi connectivity index (χ0) is 36.7. The summed E-state index contributed by atoms with van der Waals surface area (Å²) < 4.78 is 52.9. The Bertz CT molecular complexity index is 1490. The number of aliphatic hydroxyl groups is 1. The van der Waals surface area contributed by atoms with Crippen molar-refractivity contribution in [2.75, 3.05) is 57.5 Å². The van der Waals surface area contributed by atoms with E-state index < -0.39 is 40.1 Å². The van der Waals surface area contributed by atoms with Crippen LogP contribution in [-0.4, -0.2) is 123 Å².